The fraction of sp³-hybridized carbons (Fsp3) is 0.438. The van der Waals surface area contributed by atoms with Crippen molar-refractivity contribution in [3.63, 3.8) is 0 Å². The zero-order chi connectivity index (χ0) is 19.7. The number of hydrogen-bond donors (Lipinski definition) is 3. The van der Waals surface area contributed by atoms with E-state index in [0.717, 1.165) is 0 Å². The number of anilines is 1. The summed E-state index contributed by atoms with van der Waals surface area (Å²) < 4.78 is 4.67. The molecule has 3 N–H and O–H groups in total. The summed E-state index contributed by atoms with van der Waals surface area (Å²) in [6, 6.07) is -0.438. The number of aliphatic hydroxyl groups is 1. The Morgan fingerprint density at radius 2 is 2.19 bits per heavy atom. The zero-order valence-electron chi connectivity index (χ0n) is 14.6. The van der Waals surface area contributed by atoms with Crippen LogP contribution in [0.25, 0.3) is 0 Å². The third-order valence-corrected chi connectivity index (χ3v) is 6.32. The van der Waals surface area contributed by atoms with E-state index in [2.05, 4.69) is 20.0 Å². The van der Waals surface area contributed by atoms with Crippen LogP contribution in [0.15, 0.2) is 6.20 Å². The summed E-state index contributed by atoms with van der Waals surface area (Å²) >= 11 is 13.3. The second-order valence-electron chi connectivity index (χ2n) is 6.13. The van der Waals surface area contributed by atoms with E-state index in [4.69, 9.17) is 23.2 Å². The Labute approximate surface area is 169 Å². The number of nitrogens with one attached hydrogen (secondary N) is 2. The summed E-state index contributed by atoms with van der Waals surface area (Å²) in [5.74, 6) is -0.868. The van der Waals surface area contributed by atoms with E-state index in [1.807, 2.05) is 4.90 Å². The molecule has 0 aliphatic carbocycles. The van der Waals surface area contributed by atoms with Crippen LogP contribution in [-0.4, -0.2) is 59.3 Å². The largest absolute Gasteiger partial charge is 0.465 e. The Kier molecular flexibility index (Phi) is 5.95. The molecule has 0 aromatic carbocycles. The molecule has 1 fully saturated rings. The summed E-state index contributed by atoms with van der Waals surface area (Å²) in [6.45, 7) is 2.56. The summed E-state index contributed by atoms with van der Waals surface area (Å²) in [5.41, 5.74) is 0.781. The molecule has 1 amide bonds. The number of carbonyl (C=O) groups is 2. The molecule has 0 unspecified atom stereocenters. The maximum atomic E-state index is 12.4. The van der Waals surface area contributed by atoms with Gasteiger partial charge in [-0.3, -0.25) is 4.79 Å². The molecule has 0 radical (unpaired) electrons. The molecule has 27 heavy (non-hydrogen) atoms. The minimum Gasteiger partial charge on any atom is -0.465 e. The lowest BCUT2D eigenvalue weighted by atomic mass is 10.0. The molecule has 2 aromatic rings. The summed E-state index contributed by atoms with van der Waals surface area (Å²) in [6.07, 6.45) is 1.15. The number of methoxy groups -OCH3 is 1. The molecule has 0 spiro atoms. The van der Waals surface area contributed by atoms with Crippen molar-refractivity contribution in [3.05, 3.63) is 32.5 Å². The van der Waals surface area contributed by atoms with Crippen LogP contribution in [0.5, 0.6) is 0 Å². The lowest BCUT2D eigenvalue weighted by Crippen LogP contribution is -2.54. The lowest BCUT2D eigenvalue weighted by Gasteiger charge is -2.36. The number of aryl methyl sites for hydroxylation is 1. The van der Waals surface area contributed by atoms with Gasteiger partial charge in [0.2, 0.25) is 0 Å². The number of β-amino-alcohol motifs (C(OH)–C–C–N with tert-alkyl or cyclic N) is 1. The molecular formula is C16H18Cl2N4O4S. The topological polar surface area (TPSA) is 108 Å². The first kappa shape index (κ1) is 19.9. The van der Waals surface area contributed by atoms with Crippen molar-refractivity contribution in [1.82, 2.24) is 15.3 Å². The molecule has 3 rings (SSSR count). The number of aromatic amines is 1. The van der Waals surface area contributed by atoms with E-state index in [9.17, 15) is 14.7 Å². The van der Waals surface area contributed by atoms with Gasteiger partial charge in [0.15, 0.2) is 5.13 Å². The number of H-pyrrole nitrogens is 1. The fourth-order valence-electron chi connectivity index (χ4n) is 2.85. The van der Waals surface area contributed by atoms with Crippen LogP contribution < -0.4 is 10.2 Å². The number of rotatable bonds is 4. The number of halogens is 2. The highest BCUT2D eigenvalue weighted by molar-refractivity contribution is 7.17. The molecule has 1 aliphatic rings. The van der Waals surface area contributed by atoms with Gasteiger partial charge in [0.1, 0.15) is 10.6 Å². The van der Waals surface area contributed by atoms with Gasteiger partial charge in [-0.25, -0.2) is 9.78 Å². The SMILES string of the molecule is COC(=O)c1cnc(N2CC[C@@H](NC(=O)c3[nH]c(C)c(Cl)c3Cl)[C@H](O)C2)s1. The van der Waals surface area contributed by atoms with Crippen molar-refractivity contribution in [2.75, 3.05) is 25.1 Å². The van der Waals surface area contributed by atoms with Crippen molar-refractivity contribution in [2.45, 2.75) is 25.5 Å². The van der Waals surface area contributed by atoms with Gasteiger partial charge >= 0.3 is 5.97 Å². The normalized spacial score (nSPS) is 19.8. The molecule has 2 aromatic heterocycles. The number of aliphatic hydroxyl groups excluding tert-OH is 1. The van der Waals surface area contributed by atoms with E-state index >= 15 is 0 Å². The fourth-order valence-corrected chi connectivity index (χ4v) is 4.13. The van der Waals surface area contributed by atoms with Gasteiger partial charge in [0, 0.05) is 18.8 Å². The van der Waals surface area contributed by atoms with Crippen molar-refractivity contribution in [2.24, 2.45) is 0 Å². The zero-order valence-corrected chi connectivity index (χ0v) is 16.9. The summed E-state index contributed by atoms with van der Waals surface area (Å²) in [5, 5.41) is 14.3. The van der Waals surface area contributed by atoms with E-state index in [1.54, 1.807) is 6.92 Å². The molecule has 2 atom stereocenters. The Balaban J connectivity index is 1.63. The highest BCUT2D eigenvalue weighted by atomic mass is 35.5. The number of amides is 1. The molecule has 0 bridgehead atoms. The molecule has 11 heteroatoms. The maximum absolute atomic E-state index is 12.4. The summed E-state index contributed by atoms with van der Waals surface area (Å²) in [7, 11) is 1.31. The minimum atomic E-state index is -0.807. The van der Waals surface area contributed by atoms with Crippen LogP contribution >= 0.6 is 34.5 Å². The van der Waals surface area contributed by atoms with Crippen molar-refractivity contribution in [3.8, 4) is 0 Å². The molecule has 1 aliphatic heterocycles. The first-order valence-electron chi connectivity index (χ1n) is 8.13. The molecule has 146 valence electrons. The van der Waals surface area contributed by atoms with E-state index in [0.29, 0.717) is 33.7 Å². The third-order valence-electron chi connectivity index (χ3n) is 4.33. The van der Waals surface area contributed by atoms with Gasteiger partial charge in [0.25, 0.3) is 5.91 Å². The van der Waals surface area contributed by atoms with Gasteiger partial charge in [0.05, 0.1) is 35.5 Å². The number of carbonyl (C=O) groups excluding carboxylic acids is 2. The number of thiazole rings is 1. The van der Waals surface area contributed by atoms with Crippen molar-refractivity contribution in [1.29, 1.82) is 0 Å². The van der Waals surface area contributed by atoms with Gasteiger partial charge in [-0.2, -0.15) is 0 Å². The summed E-state index contributed by atoms with van der Waals surface area (Å²) in [4.78, 5) is 33.3. The van der Waals surface area contributed by atoms with Crippen molar-refractivity contribution >= 4 is 51.5 Å². The quantitative estimate of drug-likeness (QED) is 0.639. The lowest BCUT2D eigenvalue weighted by molar-refractivity contribution is 0.0606. The first-order valence-corrected chi connectivity index (χ1v) is 9.70. The Hall–Kier alpha value is -1.81. The first-order chi connectivity index (χ1) is 12.8. The van der Waals surface area contributed by atoms with E-state index in [1.165, 1.54) is 24.6 Å². The van der Waals surface area contributed by atoms with Gasteiger partial charge in [-0.05, 0) is 13.3 Å². The van der Waals surface area contributed by atoms with Gasteiger partial charge in [-0.1, -0.05) is 34.5 Å². The van der Waals surface area contributed by atoms with Crippen LogP contribution in [0.2, 0.25) is 10.0 Å². The van der Waals surface area contributed by atoms with Crippen LogP contribution in [0.4, 0.5) is 5.13 Å². The van der Waals surface area contributed by atoms with Gasteiger partial charge < -0.3 is 25.0 Å². The van der Waals surface area contributed by atoms with Crippen LogP contribution in [0, 0.1) is 6.92 Å². The third kappa shape index (κ3) is 4.06. The smallest absolute Gasteiger partial charge is 0.349 e. The van der Waals surface area contributed by atoms with Crippen LogP contribution in [0.3, 0.4) is 0 Å². The number of hydrogen-bond acceptors (Lipinski definition) is 7. The Morgan fingerprint density at radius 1 is 1.44 bits per heavy atom. The minimum absolute atomic E-state index is 0.164. The van der Waals surface area contributed by atoms with E-state index in [-0.39, 0.29) is 17.3 Å². The Morgan fingerprint density at radius 3 is 2.78 bits per heavy atom. The highest BCUT2D eigenvalue weighted by Gasteiger charge is 2.31. The predicted molar refractivity (Wildman–Crippen MR) is 103 cm³/mol. The number of aromatic nitrogens is 2. The standard InChI is InChI=1S/C16H18Cl2N4O4S/c1-7-11(17)12(18)13(20-7)14(24)21-8-3-4-22(6-9(8)23)16-19-5-10(27-16)15(25)26-2/h5,8-9,20,23H,3-4,6H2,1-2H3,(H,21,24)/t8-,9-/m1/s1. The second kappa shape index (κ2) is 8.05. The average molecular weight is 433 g/mol. The average Bonchev–Trinajstić information content (AvgIpc) is 3.24. The van der Waals surface area contributed by atoms with E-state index < -0.39 is 24.0 Å². The molecule has 8 nitrogen and oxygen atoms in total. The van der Waals surface area contributed by atoms with Crippen LogP contribution in [0.1, 0.15) is 32.3 Å². The molecule has 1 saturated heterocycles. The Bertz CT molecular complexity index is 869. The number of ether oxygens (including phenoxy) is 1. The van der Waals surface area contributed by atoms with Crippen molar-refractivity contribution < 1.29 is 19.4 Å². The maximum Gasteiger partial charge on any atom is 0.349 e. The number of nitrogens with zero attached hydrogens (tertiary/aromatic N) is 2. The monoisotopic (exact) mass is 432 g/mol. The molecular weight excluding hydrogens is 415 g/mol. The van der Waals surface area contributed by atoms with Crippen LogP contribution in [-0.2, 0) is 4.74 Å². The van der Waals surface area contributed by atoms with Gasteiger partial charge in [-0.15, -0.1) is 0 Å². The number of esters is 1. The second-order valence-corrected chi connectivity index (χ2v) is 7.90. The highest BCUT2D eigenvalue weighted by Crippen LogP contribution is 2.30. The number of piperidine rings is 1. The molecule has 3 heterocycles. The molecule has 0 saturated carbocycles. The predicted octanol–water partition coefficient (Wildman–Crippen LogP) is 2.24.